The highest BCUT2D eigenvalue weighted by atomic mass is 35.6. The van der Waals surface area contributed by atoms with Gasteiger partial charge in [-0.05, 0) is 44.6 Å². The molecule has 2 aliphatic rings. The Morgan fingerprint density at radius 1 is 0.510 bits per heavy atom. The van der Waals surface area contributed by atoms with E-state index in [9.17, 15) is 5.21 Å². The smallest absolute Gasteiger partial charge is 0.207 e. The van der Waals surface area contributed by atoms with E-state index in [1.807, 2.05) is 121 Å². The first-order valence-corrected chi connectivity index (χ1v) is 22.7. The molecule has 268 valence electrons. The van der Waals surface area contributed by atoms with E-state index in [1.165, 1.54) is 0 Å². The Labute approximate surface area is 330 Å². The molecule has 0 saturated heterocycles. The normalized spacial score (nSPS) is 16.9. The number of hydrogen-bond acceptors (Lipinski definition) is 3. The van der Waals surface area contributed by atoms with Gasteiger partial charge in [0.05, 0.1) is 0 Å². The lowest BCUT2D eigenvalue weighted by atomic mass is 9.88. The standard InChI is InChI=1S/C37H35NO3P2.2CHCl3/c39-38-36-28(15-13-25-34(36)42(40,30-17-5-1-6-18-30)31-19-7-2-8-20-31)27-29-16-14-26-35(37(29)38)43(41,32-21-9-3-10-22-32)33-23-11-4-12-24-33;2*2-1(3)4/h1-12,17-24,27,34-35H,13-16,25-26H2;2*1H/t34-,35-;;/m0../s1. The van der Waals surface area contributed by atoms with Crippen molar-refractivity contribution in [3.05, 3.63) is 155 Å². The van der Waals surface area contributed by atoms with Crippen LogP contribution in [0.4, 0.5) is 0 Å². The minimum Gasteiger partial charge on any atom is -0.618 e. The monoisotopic (exact) mass is 839 g/mol. The molecule has 0 saturated carbocycles. The summed E-state index contributed by atoms with van der Waals surface area (Å²) >= 11 is 28.8. The lowest BCUT2D eigenvalue weighted by Gasteiger charge is -2.36. The first-order valence-electron chi connectivity index (χ1n) is 16.5. The Bertz CT molecular complexity index is 1740. The summed E-state index contributed by atoms with van der Waals surface area (Å²) < 4.78 is 30.7. The molecule has 0 fully saturated rings. The third-order valence-electron chi connectivity index (χ3n) is 9.36. The summed E-state index contributed by atoms with van der Waals surface area (Å²) in [5.41, 5.74) is 2.29. The molecule has 1 heterocycles. The molecule has 2 atom stereocenters. The average molecular weight is 842 g/mol. The van der Waals surface area contributed by atoms with Crippen molar-refractivity contribution in [1.29, 1.82) is 0 Å². The summed E-state index contributed by atoms with van der Waals surface area (Å²) in [4.78, 5) is 0. The molecule has 2 aliphatic carbocycles. The second-order valence-electron chi connectivity index (χ2n) is 12.2. The van der Waals surface area contributed by atoms with Gasteiger partial charge in [-0.25, -0.2) is 0 Å². The lowest BCUT2D eigenvalue weighted by molar-refractivity contribution is -0.624. The predicted octanol–water partition coefficient (Wildman–Crippen LogP) is 11.1. The predicted molar refractivity (Wildman–Crippen MR) is 219 cm³/mol. The van der Waals surface area contributed by atoms with E-state index in [4.69, 9.17) is 69.6 Å². The Hall–Kier alpha value is -1.97. The first kappa shape index (κ1) is 40.2. The van der Waals surface area contributed by atoms with Gasteiger partial charge in [-0.2, -0.15) is 4.73 Å². The number of aromatic nitrogens is 1. The van der Waals surface area contributed by atoms with Gasteiger partial charge < -0.3 is 14.3 Å². The Morgan fingerprint density at radius 2 is 0.765 bits per heavy atom. The van der Waals surface area contributed by atoms with E-state index in [-0.39, 0.29) is 0 Å². The minimum atomic E-state index is -3.26. The van der Waals surface area contributed by atoms with E-state index in [0.29, 0.717) is 24.2 Å². The SMILES string of the molecule is ClC(Cl)Cl.ClC(Cl)Cl.O=P(c1ccccc1)(c1ccccc1)[C@H]1CCCc2cc3c([n+]([O-])c21)[C@@H](P(=O)(c1ccccc1)c1ccccc1)CCC3. The zero-order valence-electron chi connectivity index (χ0n) is 27.5. The molecule has 0 aliphatic heterocycles. The van der Waals surface area contributed by atoms with E-state index in [0.717, 1.165) is 62.8 Å². The largest absolute Gasteiger partial charge is 0.618 e. The van der Waals surface area contributed by atoms with Gasteiger partial charge in [-0.3, -0.25) is 0 Å². The third kappa shape index (κ3) is 9.05. The van der Waals surface area contributed by atoms with Gasteiger partial charge in [0.15, 0.2) is 22.9 Å². The molecule has 0 spiro atoms. The van der Waals surface area contributed by atoms with Crippen molar-refractivity contribution in [3.8, 4) is 0 Å². The summed E-state index contributed by atoms with van der Waals surface area (Å²) in [6.45, 7) is 0. The van der Waals surface area contributed by atoms with Gasteiger partial charge in [-0.1, -0.05) is 191 Å². The fourth-order valence-electron chi connectivity index (χ4n) is 7.42. The fourth-order valence-corrected chi connectivity index (χ4v) is 14.2. The number of fused-ring (bicyclic) bond motifs is 2. The van der Waals surface area contributed by atoms with Gasteiger partial charge in [-0.15, -0.1) is 0 Å². The van der Waals surface area contributed by atoms with Gasteiger partial charge in [0, 0.05) is 32.3 Å². The Kier molecular flexibility index (Phi) is 14.5. The molecular weight excluding hydrogens is 805 g/mol. The van der Waals surface area contributed by atoms with Crippen LogP contribution in [-0.4, -0.2) is 8.59 Å². The highest BCUT2D eigenvalue weighted by Gasteiger charge is 2.49. The Morgan fingerprint density at radius 3 is 1.02 bits per heavy atom. The van der Waals surface area contributed by atoms with Crippen LogP contribution >= 0.6 is 83.9 Å². The highest BCUT2D eigenvalue weighted by Crippen LogP contribution is 2.63. The van der Waals surface area contributed by atoms with Crippen LogP contribution in [0.5, 0.6) is 0 Å². The molecule has 4 aromatic carbocycles. The molecule has 0 amide bonds. The molecular formula is C39H37Cl6NO3P2. The second kappa shape index (κ2) is 18.4. The second-order valence-corrected chi connectivity index (χ2v) is 22.1. The molecule has 0 unspecified atom stereocenters. The fraction of sp³-hybridized carbons (Fsp3) is 0.256. The van der Waals surface area contributed by atoms with Crippen molar-refractivity contribution in [2.75, 3.05) is 0 Å². The quantitative estimate of drug-likeness (QED) is 0.0740. The van der Waals surface area contributed by atoms with Crippen LogP contribution in [-0.2, 0) is 22.0 Å². The maximum absolute atomic E-state index is 15.6. The van der Waals surface area contributed by atoms with Crippen LogP contribution in [0.1, 0.15) is 59.5 Å². The summed E-state index contributed by atoms with van der Waals surface area (Å²) in [5, 5.41) is 18.1. The lowest BCUT2D eigenvalue weighted by Crippen LogP contribution is -2.45. The van der Waals surface area contributed by atoms with E-state index in [1.54, 1.807) is 0 Å². The molecule has 0 bridgehead atoms. The summed E-state index contributed by atoms with van der Waals surface area (Å²) in [7, 11) is -6.52. The topological polar surface area (TPSA) is 61.1 Å². The number of nitrogens with zero attached hydrogens (tertiary/aromatic N) is 1. The van der Waals surface area contributed by atoms with Crippen molar-refractivity contribution in [1.82, 2.24) is 0 Å². The van der Waals surface area contributed by atoms with Crippen LogP contribution in [0.2, 0.25) is 0 Å². The third-order valence-corrected chi connectivity index (χ3v) is 16.4. The summed E-state index contributed by atoms with van der Waals surface area (Å²) in [6, 6.07) is 40.9. The molecule has 5 aromatic rings. The minimum absolute atomic E-state index is 0.459. The number of benzene rings is 4. The average Bonchev–Trinajstić information content (AvgIpc) is 3.15. The number of pyridine rings is 1. The van der Waals surface area contributed by atoms with Gasteiger partial charge >= 0.3 is 0 Å². The van der Waals surface area contributed by atoms with Crippen molar-refractivity contribution in [2.24, 2.45) is 0 Å². The molecule has 4 nitrogen and oxygen atoms in total. The Balaban J connectivity index is 0.000000573. The zero-order chi connectivity index (χ0) is 36.6. The van der Waals surface area contributed by atoms with Crippen LogP contribution in [0.15, 0.2) is 127 Å². The highest BCUT2D eigenvalue weighted by molar-refractivity contribution is 7.79. The molecule has 1 aromatic heterocycles. The molecule has 0 N–H and O–H groups in total. The maximum atomic E-state index is 15.6. The molecule has 7 rings (SSSR count). The van der Waals surface area contributed by atoms with Crippen LogP contribution in [0.3, 0.4) is 0 Å². The van der Waals surface area contributed by atoms with E-state index < -0.39 is 34.2 Å². The number of aryl methyl sites for hydroxylation is 2. The molecule has 12 heteroatoms. The van der Waals surface area contributed by atoms with Crippen LogP contribution in [0, 0.1) is 5.21 Å². The summed E-state index contributed by atoms with van der Waals surface area (Å²) in [6.07, 6.45) is 4.63. The van der Waals surface area contributed by atoms with E-state index >= 15 is 9.13 Å². The molecule has 0 radical (unpaired) electrons. The van der Waals surface area contributed by atoms with E-state index in [2.05, 4.69) is 6.07 Å². The van der Waals surface area contributed by atoms with Gasteiger partial charge in [0.1, 0.15) is 11.3 Å². The van der Waals surface area contributed by atoms with Crippen LogP contribution in [0.25, 0.3) is 0 Å². The first-order chi connectivity index (χ1) is 24.5. The summed E-state index contributed by atoms with van der Waals surface area (Å²) in [5.74, 6) is 0. The van der Waals surface area contributed by atoms with Gasteiger partial charge in [0.25, 0.3) is 0 Å². The number of rotatable bonds is 6. The van der Waals surface area contributed by atoms with Crippen molar-refractivity contribution < 1.29 is 13.9 Å². The molecule has 51 heavy (non-hydrogen) atoms. The van der Waals surface area contributed by atoms with Gasteiger partial charge in [0.2, 0.25) is 11.4 Å². The number of hydrogen-bond donors (Lipinski definition) is 0. The van der Waals surface area contributed by atoms with Crippen LogP contribution < -0.4 is 25.9 Å². The number of halogens is 6. The number of alkyl halides is 6. The van der Waals surface area contributed by atoms with Crippen molar-refractivity contribution >= 4 is 105 Å². The van der Waals surface area contributed by atoms with Crippen molar-refractivity contribution in [2.45, 2.75) is 58.4 Å². The van der Waals surface area contributed by atoms with Crippen molar-refractivity contribution in [3.63, 3.8) is 0 Å². The zero-order valence-corrected chi connectivity index (χ0v) is 33.8. The maximum Gasteiger partial charge on any atom is 0.207 e.